The minimum absolute atomic E-state index is 0.136. The van der Waals surface area contributed by atoms with Crippen LogP contribution < -0.4 is 5.73 Å². The molecule has 1 rings (SSSR count). The van der Waals surface area contributed by atoms with Crippen LogP contribution in [-0.4, -0.2) is 66.2 Å². The summed E-state index contributed by atoms with van der Waals surface area (Å²) in [5.41, 5.74) is 5.36. The SMILES string of the molecule is CC(=O)N1CCN(CC(O)CCN)CC1. The van der Waals surface area contributed by atoms with Crippen LogP contribution in [-0.2, 0) is 4.79 Å². The van der Waals surface area contributed by atoms with Gasteiger partial charge in [-0.05, 0) is 13.0 Å². The molecule has 1 saturated heterocycles. The molecule has 0 saturated carbocycles. The molecule has 0 aromatic carbocycles. The summed E-state index contributed by atoms with van der Waals surface area (Å²) in [6, 6.07) is 0. The van der Waals surface area contributed by atoms with Crippen molar-refractivity contribution >= 4 is 5.91 Å². The second-order valence-corrected chi connectivity index (χ2v) is 4.04. The number of carbonyl (C=O) groups excluding carboxylic acids is 1. The number of nitrogens with zero attached hydrogens (tertiary/aromatic N) is 2. The molecule has 1 amide bonds. The van der Waals surface area contributed by atoms with Crippen LogP contribution in [0.2, 0.25) is 0 Å². The van der Waals surface area contributed by atoms with E-state index in [4.69, 9.17) is 5.73 Å². The van der Waals surface area contributed by atoms with E-state index in [0.717, 1.165) is 26.2 Å². The molecule has 15 heavy (non-hydrogen) atoms. The number of amides is 1. The summed E-state index contributed by atoms with van der Waals surface area (Å²) in [6.07, 6.45) is 0.311. The van der Waals surface area contributed by atoms with E-state index in [0.29, 0.717) is 19.5 Å². The number of hydrogen-bond acceptors (Lipinski definition) is 4. The maximum atomic E-state index is 11.1. The molecule has 5 heteroatoms. The third-order valence-electron chi connectivity index (χ3n) is 2.79. The fraction of sp³-hybridized carbons (Fsp3) is 0.900. The number of hydrogen-bond donors (Lipinski definition) is 2. The number of piperazine rings is 1. The molecule has 3 N–H and O–H groups in total. The van der Waals surface area contributed by atoms with Gasteiger partial charge >= 0.3 is 0 Å². The molecule has 1 unspecified atom stereocenters. The Hall–Kier alpha value is -0.650. The van der Waals surface area contributed by atoms with Gasteiger partial charge in [0.05, 0.1) is 6.10 Å². The van der Waals surface area contributed by atoms with Crippen molar-refractivity contribution in [1.82, 2.24) is 9.80 Å². The predicted octanol–water partition coefficient (Wildman–Crippen LogP) is -1.14. The van der Waals surface area contributed by atoms with Crippen molar-refractivity contribution in [2.24, 2.45) is 5.73 Å². The molecule has 1 atom stereocenters. The van der Waals surface area contributed by atoms with Crippen molar-refractivity contribution in [3.05, 3.63) is 0 Å². The maximum absolute atomic E-state index is 11.1. The molecule has 5 nitrogen and oxygen atoms in total. The van der Waals surface area contributed by atoms with E-state index < -0.39 is 0 Å². The molecule has 0 spiro atoms. The highest BCUT2D eigenvalue weighted by molar-refractivity contribution is 5.73. The summed E-state index contributed by atoms with van der Waals surface area (Å²) in [7, 11) is 0. The van der Waals surface area contributed by atoms with Crippen LogP contribution in [0.1, 0.15) is 13.3 Å². The van der Waals surface area contributed by atoms with Gasteiger partial charge in [0.25, 0.3) is 0 Å². The largest absolute Gasteiger partial charge is 0.392 e. The topological polar surface area (TPSA) is 69.8 Å². The van der Waals surface area contributed by atoms with Crippen LogP contribution in [0.15, 0.2) is 0 Å². The van der Waals surface area contributed by atoms with Gasteiger partial charge in [0, 0.05) is 39.6 Å². The number of aliphatic hydroxyl groups excluding tert-OH is 1. The summed E-state index contributed by atoms with van der Waals surface area (Å²) >= 11 is 0. The first kappa shape index (κ1) is 12.4. The summed E-state index contributed by atoms with van der Waals surface area (Å²) < 4.78 is 0. The quantitative estimate of drug-likeness (QED) is 0.622. The van der Waals surface area contributed by atoms with E-state index in [9.17, 15) is 9.90 Å². The van der Waals surface area contributed by atoms with Gasteiger partial charge in [-0.25, -0.2) is 0 Å². The Kier molecular flexibility index (Phi) is 5.01. The molecule has 0 aromatic rings. The lowest BCUT2D eigenvalue weighted by molar-refractivity contribution is -0.130. The molecule has 1 fully saturated rings. The monoisotopic (exact) mass is 215 g/mol. The minimum atomic E-state index is -0.334. The van der Waals surface area contributed by atoms with Crippen molar-refractivity contribution < 1.29 is 9.90 Å². The van der Waals surface area contributed by atoms with Gasteiger partial charge in [-0.2, -0.15) is 0 Å². The summed E-state index contributed by atoms with van der Waals surface area (Å²) in [6.45, 7) is 6.02. The van der Waals surface area contributed by atoms with Gasteiger partial charge in [-0.1, -0.05) is 0 Å². The molecule has 88 valence electrons. The van der Waals surface area contributed by atoms with E-state index in [-0.39, 0.29) is 12.0 Å². The van der Waals surface area contributed by atoms with Crippen molar-refractivity contribution in [2.75, 3.05) is 39.3 Å². The lowest BCUT2D eigenvalue weighted by atomic mass is 10.2. The number of nitrogens with two attached hydrogens (primary N) is 1. The fourth-order valence-electron chi connectivity index (χ4n) is 1.83. The molecular weight excluding hydrogens is 194 g/mol. The van der Waals surface area contributed by atoms with Gasteiger partial charge in [0.1, 0.15) is 0 Å². The number of aliphatic hydroxyl groups is 1. The third-order valence-corrected chi connectivity index (χ3v) is 2.79. The molecule has 1 aliphatic rings. The first-order chi connectivity index (χ1) is 7.13. The highest BCUT2D eigenvalue weighted by Gasteiger charge is 2.19. The second kappa shape index (κ2) is 6.05. The number of carbonyl (C=O) groups is 1. The van der Waals surface area contributed by atoms with Gasteiger partial charge in [0.2, 0.25) is 5.91 Å². The van der Waals surface area contributed by atoms with Gasteiger partial charge in [-0.15, -0.1) is 0 Å². The van der Waals surface area contributed by atoms with Crippen molar-refractivity contribution in [1.29, 1.82) is 0 Å². The van der Waals surface area contributed by atoms with Crippen molar-refractivity contribution in [2.45, 2.75) is 19.4 Å². The Balaban J connectivity index is 2.22. The summed E-state index contributed by atoms with van der Waals surface area (Å²) in [4.78, 5) is 15.1. The highest BCUT2D eigenvalue weighted by atomic mass is 16.3. The van der Waals surface area contributed by atoms with E-state index in [2.05, 4.69) is 4.90 Å². The van der Waals surface area contributed by atoms with E-state index in [1.807, 2.05) is 4.90 Å². The molecule has 0 aromatic heterocycles. The third kappa shape index (κ3) is 4.15. The van der Waals surface area contributed by atoms with Gasteiger partial charge < -0.3 is 15.7 Å². The lowest BCUT2D eigenvalue weighted by Crippen LogP contribution is -2.50. The number of β-amino-alcohol motifs (C(OH)–C–C–N with tert-alkyl or cyclic N) is 1. The Bertz CT molecular complexity index is 203. The Morgan fingerprint density at radius 1 is 1.40 bits per heavy atom. The normalized spacial score (nSPS) is 20.3. The minimum Gasteiger partial charge on any atom is -0.392 e. The Morgan fingerprint density at radius 3 is 2.47 bits per heavy atom. The first-order valence-electron chi connectivity index (χ1n) is 5.49. The van der Waals surface area contributed by atoms with Crippen LogP contribution >= 0.6 is 0 Å². The van der Waals surface area contributed by atoms with E-state index in [1.165, 1.54) is 0 Å². The predicted molar refractivity (Wildman–Crippen MR) is 58.4 cm³/mol. The maximum Gasteiger partial charge on any atom is 0.219 e. The summed E-state index contributed by atoms with van der Waals surface area (Å²) in [5, 5.41) is 9.57. The molecule has 0 radical (unpaired) electrons. The van der Waals surface area contributed by atoms with Crippen molar-refractivity contribution in [3.63, 3.8) is 0 Å². The summed E-state index contributed by atoms with van der Waals surface area (Å²) in [5.74, 6) is 0.136. The molecule has 0 aliphatic carbocycles. The Morgan fingerprint density at radius 2 is 2.00 bits per heavy atom. The molecule has 1 heterocycles. The standard InChI is InChI=1S/C10H21N3O2/c1-9(14)13-6-4-12(5-7-13)8-10(15)2-3-11/h10,15H,2-8,11H2,1H3. The van der Waals surface area contributed by atoms with Crippen LogP contribution in [0, 0.1) is 0 Å². The van der Waals surface area contributed by atoms with E-state index >= 15 is 0 Å². The smallest absolute Gasteiger partial charge is 0.219 e. The zero-order valence-electron chi connectivity index (χ0n) is 9.35. The first-order valence-corrected chi connectivity index (χ1v) is 5.49. The highest BCUT2D eigenvalue weighted by Crippen LogP contribution is 2.03. The van der Waals surface area contributed by atoms with E-state index in [1.54, 1.807) is 6.92 Å². The molecular formula is C10H21N3O2. The molecule has 1 aliphatic heterocycles. The lowest BCUT2D eigenvalue weighted by Gasteiger charge is -2.35. The average Bonchev–Trinajstić information content (AvgIpc) is 2.18. The number of rotatable bonds is 4. The average molecular weight is 215 g/mol. The van der Waals surface area contributed by atoms with Crippen LogP contribution in [0.5, 0.6) is 0 Å². The van der Waals surface area contributed by atoms with Gasteiger partial charge in [-0.3, -0.25) is 9.69 Å². The zero-order valence-corrected chi connectivity index (χ0v) is 9.35. The van der Waals surface area contributed by atoms with Crippen LogP contribution in [0.3, 0.4) is 0 Å². The molecule has 0 bridgehead atoms. The van der Waals surface area contributed by atoms with Crippen LogP contribution in [0.25, 0.3) is 0 Å². The Labute approximate surface area is 90.8 Å². The van der Waals surface area contributed by atoms with Crippen LogP contribution in [0.4, 0.5) is 0 Å². The zero-order chi connectivity index (χ0) is 11.3. The van der Waals surface area contributed by atoms with Crippen molar-refractivity contribution in [3.8, 4) is 0 Å². The van der Waals surface area contributed by atoms with Gasteiger partial charge in [0.15, 0.2) is 0 Å². The fourth-order valence-corrected chi connectivity index (χ4v) is 1.83. The second-order valence-electron chi connectivity index (χ2n) is 4.04.